The number of aryl methyl sites for hydroxylation is 3. The van der Waals surface area contributed by atoms with Gasteiger partial charge < -0.3 is 5.11 Å². The number of aliphatic carboxylic acids is 1. The molecule has 80 valence electrons. The summed E-state index contributed by atoms with van der Waals surface area (Å²) in [6.45, 7) is 0. The zero-order chi connectivity index (χ0) is 10.7. The zero-order valence-corrected chi connectivity index (χ0v) is 8.57. The second kappa shape index (κ2) is 4.38. The molecule has 0 saturated carbocycles. The van der Waals surface area contributed by atoms with Gasteiger partial charge in [0.15, 0.2) is 0 Å². The number of carboxylic acids is 1. The highest BCUT2D eigenvalue weighted by molar-refractivity contribution is 5.66. The van der Waals surface area contributed by atoms with E-state index in [-0.39, 0.29) is 6.42 Å². The van der Waals surface area contributed by atoms with Crippen LogP contribution < -0.4 is 0 Å². The van der Waals surface area contributed by atoms with Crippen molar-refractivity contribution < 1.29 is 9.90 Å². The second-order valence-electron chi connectivity index (χ2n) is 3.86. The fourth-order valence-corrected chi connectivity index (χ4v) is 1.86. The van der Waals surface area contributed by atoms with Crippen LogP contribution in [0.25, 0.3) is 0 Å². The van der Waals surface area contributed by atoms with E-state index in [2.05, 4.69) is 9.97 Å². The minimum atomic E-state index is -0.795. The monoisotopic (exact) mass is 206 g/mol. The van der Waals surface area contributed by atoms with Gasteiger partial charge >= 0.3 is 5.97 Å². The van der Waals surface area contributed by atoms with E-state index < -0.39 is 5.97 Å². The van der Waals surface area contributed by atoms with Crippen LogP contribution in [0.2, 0.25) is 0 Å². The molecule has 0 aromatic carbocycles. The van der Waals surface area contributed by atoms with Crippen molar-refractivity contribution in [2.75, 3.05) is 0 Å². The first-order valence-electron chi connectivity index (χ1n) is 5.31. The van der Waals surface area contributed by atoms with Gasteiger partial charge in [-0.25, -0.2) is 9.97 Å². The van der Waals surface area contributed by atoms with Crippen LogP contribution in [0.3, 0.4) is 0 Å². The Morgan fingerprint density at radius 3 is 3.00 bits per heavy atom. The fraction of sp³-hybridized carbons (Fsp3) is 0.545. The zero-order valence-electron chi connectivity index (χ0n) is 8.57. The lowest BCUT2D eigenvalue weighted by atomic mass is 9.97. The van der Waals surface area contributed by atoms with Crippen molar-refractivity contribution in [2.24, 2.45) is 0 Å². The highest BCUT2D eigenvalue weighted by Gasteiger charge is 2.12. The van der Waals surface area contributed by atoms with Crippen molar-refractivity contribution in [3.05, 3.63) is 23.3 Å². The molecule has 0 spiro atoms. The summed E-state index contributed by atoms with van der Waals surface area (Å²) in [6.07, 6.45) is 6.87. The first-order chi connectivity index (χ1) is 7.25. The number of fused-ring (bicyclic) bond motifs is 1. The SMILES string of the molecule is O=C(O)CCc1ncc2c(n1)CCCC2. The van der Waals surface area contributed by atoms with Gasteiger partial charge in [-0.1, -0.05) is 0 Å². The molecule has 0 unspecified atom stereocenters. The minimum absolute atomic E-state index is 0.110. The maximum atomic E-state index is 10.4. The second-order valence-corrected chi connectivity index (χ2v) is 3.86. The molecule has 15 heavy (non-hydrogen) atoms. The van der Waals surface area contributed by atoms with Gasteiger partial charge in [0, 0.05) is 18.3 Å². The van der Waals surface area contributed by atoms with Crippen molar-refractivity contribution in [1.29, 1.82) is 0 Å². The van der Waals surface area contributed by atoms with Gasteiger partial charge in [-0.3, -0.25) is 4.79 Å². The number of hydrogen-bond acceptors (Lipinski definition) is 3. The Morgan fingerprint density at radius 1 is 1.40 bits per heavy atom. The molecule has 0 amide bonds. The third-order valence-electron chi connectivity index (χ3n) is 2.68. The molecule has 1 aromatic heterocycles. The average Bonchev–Trinajstić information content (AvgIpc) is 2.26. The molecule has 0 saturated heterocycles. The lowest BCUT2D eigenvalue weighted by molar-refractivity contribution is -0.137. The Kier molecular flexibility index (Phi) is 2.94. The number of nitrogens with zero attached hydrogens (tertiary/aromatic N) is 2. The molecule has 2 rings (SSSR count). The van der Waals surface area contributed by atoms with E-state index in [0.717, 1.165) is 18.5 Å². The van der Waals surface area contributed by atoms with Crippen molar-refractivity contribution >= 4 is 5.97 Å². The molecule has 0 fully saturated rings. The quantitative estimate of drug-likeness (QED) is 0.811. The number of aromatic nitrogens is 2. The van der Waals surface area contributed by atoms with Gasteiger partial charge in [-0.15, -0.1) is 0 Å². The van der Waals surface area contributed by atoms with Crippen LogP contribution in [-0.2, 0) is 24.1 Å². The highest BCUT2D eigenvalue weighted by atomic mass is 16.4. The molecule has 4 heteroatoms. The Morgan fingerprint density at radius 2 is 2.20 bits per heavy atom. The lowest BCUT2D eigenvalue weighted by Crippen LogP contribution is -2.10. The van der Waals surface area contributed by atoms with E-state index in [1.54, 1.807) is 0 Å². The van der Waals surface area contributed by atoms with Gasteiger partial charge in [0.1, 0.15) is 5.82 Å². The number of hydrogen-bond donors (Lipinski definition) is 1. The van der Waals surface area contributed by atoms with Gasteiger partial charge in [0.25, 0.3) is 0 Å². The number of carbonyl (C=O) groups is 1. The molecule has 1 heterocycles. The maximum absolute atomic E-state index is 10.4. The fourth-order valence-electron chi connectivity index (χ4n) is 1.86. The van der Waals surface area contributed by atoms with E-state index in [1.807, 2.05) is 6.20 Å². The first kappa shape index (κ1) is 10.1. The van der Waals surface area contributed by atoms with E-state index >= 15 is 0 Å². The molecule has 0 bridgehead atoms. The summed E-state index contributed by atoms with van der Waals surface area (Å²) in [7, 11) is 0. The van der Waals surface area contributed by atoms with E-state index in [0.29, 0.717) is 12.2 Å². The highest BCUT2D eigenvalue weighted by Crippen LogP contribution is 2.18. The molecule has 1 aliphatic carbocycles. The molecule has 0 radical (unpaired) electrons. The van der Waals surface area contributed by atoms with Crippen LogP contribution in [0.15, 0.2) is 6.20 Å². The summed E-state index contributed by atoms with van der Waals surface area (Å²) in [5.41, 5.74) is 2.36. The van der Waals surface area contributed by atoms with Crippen LogP contribution >= 0.6 is 0 Å². The number of rotatable bonds is 3. The molecular formula is C11H14N2O2. The summed E-state index contributed by atoms with van der Waals surface area (Å²) in [6, 6.07) is 0. The predicted octanol–water partition coefficient (Wildman–Crippen LogP) is 1.37. The standard InChI is InChI=1S/C11H14N2O2/c14-11(15)6-5-10-12-7-8-3-1-2-4-9(8)13-10/h7H,1-6H2,(H,14,15). The first-order valence-corrected chi connectivity index (χ1v) is 5.31. The summed E-state index contributed by atoms with van der Waals surface area (Å²) in [5.74, 6) is -0.130. The van der Waals surface area contributed by atoms with Gasteiger partial charge in [-0.2, -0.15) is 0 Å². The number of carboxylic acid groups (broad SMARTS) is 1. The molecule has 1 N–H and O–H groups in total. The topological polar surface area (TPSA) is 63.1 Å². The lowest BCUT2D eigenvalue weighted by Gasteiger charge is -2.14. The molecule has 1 aromatic rings. The third-order valence-corrected chi connectivity index (χ3v) is 2.68. The third kappa shape index (κ3) is 2.52. The summed E-state index contributed by atoms with van der Waals surface area (Å²) in [4.78, 5) is 19.0. The Labute approximate surface area is 88.4 Å². The van der Waals surface area contributed by atoms with E-state index in [1.165, 1.54) is 18.4 Å². The molecule has 0 aliphatic heterocycles. The Balaban J connectivity index is 2.10. The maximum Gasteiger partial charge on any atom is 0.303 e. The Bertz CT molecular complexity index is 377. The van der Waals surface area contributed by atoms with Crippen molar-refractivity contribution in [3.8, 4) is 0 Å². The van der Waals surface area contributed by atoms with Crippen LogP contribution in [0.4, 0.5) is 0 Å². The van der Waals surface area contributed by atoms with Gasteiger partial charge in [0.2, 0.25) is 0 Å². The van der Waals surface area contributed by atoms with Crippen molar-refractivity contribution in [1.82, 2.24) is 9.97 Å². The Hall–Kier alpha value is -1.45. The van der Waals surface area contributed by atoms with Crippen molar-refractivity contribution in [3.63, 3.8) is 0 Å². The molecular weight excluding hydrogens is 192 g/mol. The predicted molar refractivity (Wildman–Crippen MR) is 54.6 cm³/mol. The minimum Gasteiger partial charge on any atom is -0.481 e. The van der Waals surface area contributed by atoms with Gasteiger partial charge in [-0.05, 0) is 31.2 Å². The van der Waals surface area contributed by atoms with Gasteiger partial charge in [0.05, 0.1) is 6.42 Å². The normalized spacial score (nSPS) is 14.7. The molecule has 0 atom stereocenters. The van der Waals surface area contributed by atoms with Crippen molar-refractivity contribution in [2.45, 2.75) is 38.5 Å². The average molecular weight is 206 g/mol. The van der Waals surface area contributed by atoms with Crippen LogP contribution in [0, 0.1) is 0 Å². The summed E-state index contributed by atoms with van der Waals surface area (Å²) >= 11 is 0. The molecule has 4 nitrogen and oxygen atoms in total. The van der Waals surface area contributed by atoms with E-state index in [4.69, 9.17) is 5.11 Å². The summed E-state index contributed by atoms with van der Waals surface area (Å²) < 4.78 is 0. The smallest absolute Gasteiger partial charge is 0.303 e. The van der Waals surface area contributed by atoms with E-state index in [9.17, 15) is 4.79 Å². The largest absolute Gasteiger partial charge is 0.481 e. The van der Waals surface area contributed by atoms with Crippen LogP contribution in [0.5, 0.6) is 0 Å². The molecule has 1 aliphatic rings. The van der Waals surface area contributed by atoms with Crippen LogP contribution in [0.1, 0.15) is 36.3 Å². The van der Waals surface area contributed by atoms with Crippen LogP contribution in [-0.4, -0.2) is 21.0 Å². The summed E-state index contributed by atoms with van der Waals surface area (Å²) in [5, 5.41) is 8.56.